The minimum atomic E-state index is -0.408. The van der Waals surface area contributed by atoms with Gasteiger partial charge in [0.05, 0.1) is 5.69 Å². The van der Waals surface area contributed by atoms with Crippen molar-refractivity contribution < 1.29 is 8.78 Å². The normalized spacial score (nSPS) is 26.6. The summed E-state index contributed by atoms with van der Waals surface area (Å²) < 4.78 is 27.6. The summed E-state index contributed by atoms with van der Waals surface area (Å²) in [5.74, 6) is -0.101. The third kappa shape index (κ3) is 3.16. The minimum Gasteiger partial charge on any atom is -0.327 e. The Balaban J connectivity index is 1.46. The second-order valence-electron chi connectivity index (χ2n) is 7.20. The van der Waals surface area contributed by atoms with Gasteiger partial charge in [0.1, 0.15) is 17.5 Å². The predicted octanol–water partition coefficient (Wildman–Crippen LogP) is 3.04. The van der Waals surface area contributed by atoms with E-state index in [-0.39, 0.29) is 17.8 Å². The number of rotatable bonds is 2. The molecule has 0 spiro atoms. The van der Waals surface area contributed by atoms with Gasteiger partial charge in [-0.05, 0) is 49.9 Å². The van der Waals surface area contributed by atoms with Crippen LogP contribution in [0.2, 0.25) is 0 Å². The molecule has 1 aliphatic heterocycles. The molecule has 4 rings (SSSR count). The number of nitrogens with zero attached hydrogens (tertiary/aromatic N) is 3. The number of aromatic nitrogens is 2. The summed E-state index contributed by atoms with van der Waals surface area (Å²) in [4.78, 5) is 11.2. The number of nitrogens with two attached hydrogens (primary N) is 1. The fraction of sp³-hybridized carbons (Fsp3) is 0.474. The summed E-state index contributed by atoms with van der Waals surface area (Å²) in [5, 5.41) is 0. The van der Waals surface area contributed by atoms with E-state index in [1.165, 1.54) is 17.7 Å². The zero-order chi connectivity index (χ0) is 17.6. The Hall–Kier alpha value is -1.92. The van der Waals surface area contributed by atoms with Crippen molar-refractivity contribution in [3.8, 4) is 0 Å². The monoisotopic (exact) mass is 344 g/mol. The largest absolute Gasteiger partial charge is 0.327 e. The van der Waals surface area contributed by atoms with Gasteiger partial charge in [0.15, 0.2) is 0 Å². The maximum absolute atomic E-state index is 14.1. The highest BCUT2D eigenvalue weighted by Crippen LogP contribution is 2.37. The van der Waals surface area contributed by atoms with E-state index in [1.807, 2.05) is 13.1 Å². The number of fused-ring (bicyclic) bond motifs is 1. The third-order valence-electron chi connectivity index (χ3n) is 5.55. The Morgan fingerprint density at radius 3 is 2.84 bits per heavy atom. The van der Waals surface area contributed by atoms with Crippen LogP contribution in [0.1, 0.15) is 47.8 Å². The highest BCUT2D eigenvalue weighted by atomic mass is 19.1. The second kappa shape index (κ2) is 6.42. The molecule has 1 aliphatic carbocycles. The molecule has 132 valence electrons. The summed E-state index contributed by atoms with van der Waals surface area (Å²) in [6, 6.07) is 3.82. The number of hydrogen-bond acceptors (Lipinski definition) is 4. The highest BCUT2D eigenvalue weighted by molar-refractivity contribution is 5.26. The van der Waals surface area contributed by atoms with Crippen LogP contribution in [0.15, 0.2) is 24.4 Å². The number of aryl methyl sites for hydroxylation is 1. The van der Waals surface area contributed by atoms with Gasteiger partial charge in [-0.15, -0.1) is 0 Å². The van der Waals surface area contributed by atoms with Crippen LogP contribution in [0.3, 0.4) is 0 Å². The molecule has 0 radical (unpaired) electrons. The Bertz CT molecular complexity index is 795. The Morgan fingerprint density at radius 1 is 1.20 bits per heavy atom. The third-order valence-corrected chi connectivity index (χ3v) is 5.55. The average Bonchev–Trinajstić information content (AvgIpc) is 3.00. The molecule has 3 atom stereocenters. The minimum absolute atomic E-state index is 0.126. The standard InChI is InChI=1S/C19H22F2N4/c1-11-23-8-12-9-25(10-19(12)24-11)14-3-4-15(18(22)7-14)16-6-13(20)2-5-17(16)21/h2,5-6,8,14-15,18H,3-4,7,9-10,22H2,1H3/t14-,15?,18-/m0/s1. The molecule has 2 aromatic rings. The van der Waals surface area contributed by atoms with Crippen molar-refractivity contribution >= 4 is 0 Å². The van der Waals surface area contributed by atoms with E-state index < -0.39 is 5.82 Å². The van der Waals surface area contributed by atoms with Gasteiger partial charge >= 0.3 is 0 Å². The van der Waals surface area contributed by atoms with Gasteiger partial charge in [0, 0.05) is 42.9 Å². The van der Waals surface area contributed by atoms with Crippen molar-refractivity contribution in [2.45, 2.75) is 57.3 Å². The molecule has 2 aliphatic rings. The first-order valence-electron chi connectivity index (χ1n) is 8.77. The van der Waals surface area contributed by atoms with Crippen molar-refractivity contribution in [1.29, 1.82) is 0 Å². The lowest BCUT2D eigenvalue weighted by Gasteiger charge is -2.38. The van der Waals surface area contributed by atoms with E-state index in [0.29, 0.717) is 11.6 Å². The van der Waals surface area contributed by atoms with Crippen LogP contribution < -0.4 is 5.73 Å². The van der Waals surface area contributed by atoms with E-state index >= 15 is 0 Å². The molecule has 1 aromatic carbocycles. The van der Waals surface area contributed by atoms with Crippen LogP contribution in [-0.2, 0) is 13.1 Å². The van der Waals surface area contributed by atoms with Gasteiger partial charge in [-0.3, -0.25) is 4.90 Å². The molecule has 2 heterocycles. The summed E-state index contributed by atoms with van der Waals surface area (Å²) in [7, 11) is 0. The van der Waals surface area contributed by atoms with Crippen molar-refractivity contribution in [1.82, 2.24) is 14.9 Å². The highest BCUT2D eigenvalue weighted by Gasteiger charge is 2.35. The first-order valence-corrected chi connectivity index (χ1v) is 8.77. The molecule has 2 N–H and O–H groups in total. The predicted molar refractivity (Wildman–Crippen MR) is 90.7 cm³/mol. The van der Waals surface area contributed by atoms with E-state index in [0.717, 1.165) is 49.9 Å². The number of benzene rings is 1. The SMILES string of the molecule is Cc1ncc2c(n1)CN([C@H]1CCC(c3cc(F)ccc3F)[C@@H](N)C1)C2. The van der Waals surface area contributed by atoms with E-state index in [1.54, 1.807) is 0 Å². The van der Waals surface area contributed by atoms with Crippen molar-refractivity contribution in [3.05, 3.63) is 58.7 Å². The maximum Gasteiger partial charge on any atom is 0.126 e. The molecule has 1 aromatic heterocycles. The molecule has 1 fully saturated rings. The van der Waals surface area contributed by atoms with Gasteiger partial charge in [0.25, 0.3) is 0 Å². The second-order valence-corrected chi connectivity index (χ2v) is 7.20. The zero-order valence-corrected chi connectivity index (χ0v) is 14.3. The lowest BCUT2D eigenvalue weighted by molar-refractivity contribution is 0.137. The van der Waals surface area contributed by atoms with Gasteiger partial charge in [-0.25, -0.2) is 18.7 Å². The molecular formula is C19H22F2N4. The van der Waals surface area contributed by atoms with Gasteiger partial charge in [-0.2, -0.15) is 0 Å². The van der Waals surface area contributed by atoms with Crippen molar-refractivity contribution in [2.75, 3.05) is 0 Å². The molecule has 1 saturated carbocycles. The van der Waals surface area contributed by atoms with E-state index in [2.05, 4.69) is 14.9 Å². The first-order chi connectivity index (χ1) is 12.0. The molecule has 4 nitrogen and oxygen atoms in total. The van der Waals surface area contributed by atoms with Crippen LogP contribution in [-0.4, -0.2) is 27.0 Å². The smallest absolute Gasteiger partial charge is 0.126 e. The molecule has 0 amide bonds. The van der Waals surface area contributed by atoms with Gasteiger partial charge in [0.2, 0.25) is 0 Å². The van der Waals surface area contributed by atoms with E-state index in [4.69, 9.17) is 5.73 Å². The molecule has 1 unspecified atom stereocenters. The lowest BCUT2D eigenvalue weighted by atomic mass is 9.77. The molecule has 0 saturated heterocycles. The van der Waals surface area contributed by atoms with Gasteiger partial charge in [-0.1, -0.05) is 0 Å². The lowest BCUT2D eigenvalue weighted by Crippen LogP contribution is -2.44. The summed E-state index contributed by atoms with van der Waals surface area (Å²) in [6.07, 6.45) is 4.38. The van der Waals surface area contributed by atoms with E-state index in [9.17, 15) is 8.78 Å². The van der Waals surface area contributed by atoms with Crippen LogP contribution in [0.5, 0.6) is 0 Å². The quantitative estimate of drug-likeness (QED) is 0.910. The van der Waals surface area contributed by atoms with Crippen molar-refractivity contribution in [3.63, 3.8) is 0 Å². The Morgan fingerprint density at radius 2 is 2.04 bits per heavy atom. The van der Waals surface area contributed by atoms with Crippen molar-refractivity contribution in [2.24, 2.45) is 5.73 Å². The van der Waals surface area contributed by atoms with Crippen LogP contribution in [0.25, 0.3) is 0 Å². The molecule has 0 bridgehead atoms. The van der Waals surface area contributed by atoms with Crippen LogP contribution in [0.4, 0.5) is 8.78 Å². The first kappa shape index (κ1) is 16.5. The fourth-order valence-electron chi connectivity index (χ4n) is 4.23. The average molecular weight is 344 g/mol. The number of hydrogen-bond donors (Lipinski definition) is 1. The molecule has 6 heteroatoms. The summed E-state index contributed by atoms with van der Waals surface area (Å²) in [6.45, 7) is 3.55. The maximum atomic E-state index is 14.1. The zero-order valence-electron chi connectivity index (χ0n) is 14.3. The fourth-order valence-corrected chi connectivity index (χ4v) is 4.23. The molecular weight excluding hydrogens is 322 g/mol. The summed E-state index contributed by atoms with van der Waals surface area (Å²) >= 11 is 0. The van der Waals surface area contributed by atoms with Crippen LogP contribution >= 0.6 is 0 Å². The Kier molecular flexibility index (Phi) is 4.25. The molecule has 25 heavy (non-hydrogen) atoms. The van der Waals surface area contributed by atoms with Crippen LogP contribution in [0, 0.1) is 18.6 Å². The number of halogens is 2. The topological polar surface area (TPSA) is 55.0 Å². The Labute approximate surface area is 146 Å². The van der Waals surface area contributed by atoms with Gasteiger partial charge < -0.3 is 5.73 Å². The summed E-state index contributed by atoms with van der Waals surface area (Å²) in [5.41, 5.74) is 9.06.